The van der Waals surface area contributed by atoms with Gasteiger partial charge in [0.15, 0.2) is 0 Å². The van der Waals surface area contributed by atoms with Gasteiger partial charge in [-0.05, 0) is 35.9 Å². The molecule has 0 aliphatic rings. The Morgan fingerprint density at radius 1 is 1.24 bits per heavy atom. The van der Waals surface area contributed by atoms with E-state index in [2.05, 4.69) is 21.2 Å². The van der Waals surface area contributed by atoms with Crippen molar-refractivity contribution in [3.05, 3.63) is 58.6 Å². The van der Waals surface area contributed by atoms with E-state index in [1.807, 2.05) is 48.5 Å². The topological polar surface area (TPSA) is 38.3 Å². The minimum atomic E-state index is 0.00612. The first-order valence-electron chi connectivity index (χ1n) is 6.43. The van der Waals surface area contributed by atoms with Gasteiger partial charge in [0.25, 0.3) is 0 Å². The van der Waals surface area contributed by atoms with Crippen LogP contribution in [0.5, 0.6) is 5.75 Å². The second-order valence-corrected chi connectivity index (χ2v) is 6.30. The lowest BCUT2D eigenvalue weighted by Gasteiger charge is -2.06. The largest absolute Gasteiger partial charge is 0.497 e. The van der Waals surface area contributed by atoms with Gasteiger partial charge in [-0.15, -0.1) is 11.8 Å². The molecule has 0 atom stereocenters. The Bertz CT molecular complexity index is 601. The summed E-state index contributed by atoms with van der Waals surface area (Å²) in [7, 11) is 1.65. The number of carbonyl (C=O) groups excluding carboxylic acids is 1. The molecule has 0 spiro atoms. The molecule has 5 heteroatoms. The van der Waals surface area contributed by atoms with E-state index in [4.69, 9.17) is 4.74 Å². The number of anilines is 1. The van der Waals surface area contributed by atoms with E-state index in [-0.39, 0.29) is 5.91 Å². The summed E-state index contributed by atoms with van der Waals surface area (Å²) in [5.41, 5.74) is 1.98. The molecule has 2 aromatic carbocycles. The molecule has 0 aliphatic carbocycles. The first kappa shape index (κ1) is 15.9. The average Bonchev–Trinajstić information content (AvgIpc) is 2.48. The third-order valence-corrected chi connectivity index (χ3v) is 4.27. The van der Waals surface area contributed by atoms with Gasteiger partial charge < -0.3 is 10.1 Å². The molecule has 0 heterocycles. The van der Waals surface area contributed by atoms with Crippen LogP contribution in [-0.2, 0) is 10.5 Å². The van der Waals surface area contributed by atoms with Crippen molar-refractivity contribution in [3.8, 4) is 5.75 Å². The van der Waals surface area contributed by atoms with Crippen molar-refractivity contribution in [1.82, 2.24) is 0 Å². The number of hydrogen-bond donors (Lipinski definition) is 1. The van der Waals surface area contributed by atoms with Gasteiger partial charge in [-0.25, -0.2) is 0 Å². The molecule has 0 aliphatic heterocycles. The molecular weight excluding hydrogens is 350 g/mol. The van der Waals surface area contributed by atoms with Gasteiger partial charge in [0.1, 0.15) is 5.75 Å². The van der Waals surface area contributed by atoms with Crippen LogP contribution >= 0.6 is 27.7 Å². The standard InChI is InChI=1S/C16H16BrNO2S/c1-20-15-7-5-12(6-8-15)10-21-11-16(19)18-14-4-2-3-13(17)9-14/h2-9H,10-11H2,1H3,(H,18,19). The molecule has 0 unspecified atom stereocenters. The molecule has 0 bridgehead atoms. The first-order chi connectivity index (χ1) is 10.2. The average molecular weight is 366 g/mol. The number of carbonyl (C=O) groups is 1. The van der Waals surface area contributed by atoms with Crippen LogP contribution in [0, 0.1) is 0 Å². The number of amides is 1. The highest BCUT2D eigenvalue weighted by Crippen LogP contribution is 2.18. The van der Waals surface area contributed by atoms with Gasteiger partial charge in [-0.3, -0.25) is 4.79 Å². The molecule has 0 radical (unpaired) electrons. The van der Waals surface area contributed by atoms with Crippen LogP contribution < -0.4 is 10.1 Å². The van der Waals surface area contributed by atoms with Gasteiger partial charge in [0.05, 0.1) is 12.9 Å². The normalized spacial score (nSPS) is 10.2. The minimum Gasteiger partial charge on any atom is -0.497 e. The molecule has 1 N–H and O–H groups in total. The molecule has 3 nitrogen and oxygen atoms in total. The number of halogens is 1. The maximum atomic E-state index is 11.8. The van der Waals surface area contributed by atoms with E-state index < -0.39 is 0 Å². The lowest BCUT2D eigenvalue weighted by Crippen LogP contribution is -2.14. The van der Waals surface area contributed by atoms with Crippen molar-refractivity contribution in [2.45, 2.75) is 5.75 Å². The Hall–Kier alpha value is -1.46. The summed E-state index contributed by atoms with van der Waals surface area (Å²) in [5, 5.41) is 2.88. The summed E-state index contributed by atoms with van der Waals surface area (Å²) in [6.45, 7) is 0. The summed E-state index contributed by atoms with van der Waals surface area (Å²) < 4.78 is 6.06. The van der Waals surface area contributed by atoms with Crippen molar-refractivity contribution >= 4 is 39.3 Å². The maximum absolute atomic E-state index is 11.8. The van der Waals surface area contributed by atoms with Crippen LogP contribution in [0.2, 0.25) is 0 Å². The number of thioether (sulfide) groups is 1. The third kappa shape index (κ3) is 5.44. The van der Waals surface area contributed by atoms with E-state index in [1.54, 1.807) is 18.9 Å². The van der Waals surface area contributed by atoms with Crippen LogP contribution in [0.15, 0.2) is 53.0 Å². The smallest absolute Gasteiger partial charge is 0.234 e. The Morgan fingerprint density at radius 2 is 2.00 bits per heavy atom. The zero-order valence-electron chi connectivity index (χ0n) is 11.6. The maximum Gasteiger partial charge on any atom is 0.234 e. The van der Waals surface area contributed by atoms with Crippen LogP contribution in [0.1, 0.15) is 5.56 Å². The molecule has 1 amide bonds. The summed E-state index contributed by atoms with van der Waals surface area (Å²) in [4.78, 5) is 11.8. The molecule has 110 valence electrons. The van der Waals surface area contributed by atoms with Crippen molar-refractivity contribution in [2.24, 2.45) is 0 Å². The van der Waals surface area contributed by atoms with Crippen molar-refractivity contribution in [2.75, 3.05) is 18.2 Å². The third-order valence-electron chi connectivity index (χ3n) is 2.77. The number of benzene rings is 2. The number of hydrogen-bond acceptors (Lipinski definition) is 3. The van der Waals surface area contributed by atoms with Crippen molar-refractivity contribution in [1.29, 1.82) is 0 Å². The van der Waals surface area contributed by atoms with E-state index in [0.717, 1.165) is 21.7 Å². The molecule has 2 rings (SSSR count). The molecule has 0 aromatic heterocycles. The van der Waals surface area contributed by atoms with Crippen molar-refractivity contribution < 1.29 is 9.53 Å². The highest BCUT2D eigenvalue weighted by Gasteiger charge is 2.03. The Morgan fingerprint density at radius 3 is 2.67 bits per heavy atom. The summed E-state index contributed by atoms with van der Waals surface area (Å²) in [6.07, 6.45) is 0. The Labute approximate surface area is 137 Å². The molecular formula is C16H16BrNO2S. The van der Waals surface area contributed by atoms with Crippen molar-refractivity contribution in [3.63, 3.8) is 0 Å². The van der Waals surface area contributed by atoms with Crippen LogP contribution in [0.3, 0.4) is 0 Å². The number of methoxy groups -OCH3 is 1. The van der Waals surface area contributed by atoms with Crippen LogP contribution in [0.4, 0.5) is 5.69 Å². The van der Waals surface area contributed by atoms with E-state index in [1.165, 1.54) is 5.56 Å². The zero-order valence-corrected chi connectivity index (χ0v) is 14.0. The molecule has 0 fully saturated rings. The number of rotatable bonds is 6. The Kier molecular flexibility index (Phi) is 6.14. The van der Waals surface area contributed by atoms with Crippen LogP contribution in [-0.4, -0.2) is 18.8 Å². The minimum absolute atomic E-state index is 0.00612. The fraction of sp³-hybridized carbons (Fsp3) is 0.188. The molecule has 21 heavy (non-hydrogen) atoms. The van der Waals surface area contributed by atoms with E-state index in [9.17, 15) is 4.79 Å². The second-order valence-electron chi connectivity index (χ2n) is 4.40. The van der Waals surface area contributed by atoms with Crippen LogP contribution in [0.25, 0.3) is 0 Å². The summed E-state index contributed by atoms with van der Waals surface area (Å²) in [6, 6.07) is 15.5. The van der Waals surface area contributed by atoms with Gasteiger partial charge in [0.2, 0.25) is 5.91 Å². The first-order valence-corrected chi connectivity index (χ1v) is 8.38. The second kappa shape index (κ2) is 8.10. The fourth-order valence-corrected chi connectivity index (χ4v) is 2.93. The lowest BCUT2D eigenvalue weighted by molar-refractivity contribution is -0.113. The zero-order chi connectivity index (χ0) is 15.1. The van der Waals surface area contributed by atoms with E-state index >= 15 is 0 Å². The SMILES string of the molecule is COc1ccc(CSCC(=O)Nc2cccc(Br)c2)cc1. The monoisotopic (exact) mass is 365 g/mol. The number of nitrogens with one attached hydrogen (secondary N) is 1. The fourth-order valence-electron chi connectivity index (χ4n) is 1.75. The molecule has 0 saturated carbocycles. The predicted octanol–water partition coefficient (Wildman–Crippen LogP) is 4.33. The number of ether oxygens (including phenoxy) is 1. The van der Waals surface area contributed by atoms with E-state index in [0.29, 0.717) is 5.75 Å². The van der Waals surface area contributed by atoms with Gasteiger partial charge in [-0.1, -0.05) is 34.1 Å². The molecule has 2 aromatic rings. The quantitative estimate of drug-likeness (QED) is 0.827. The summed E-state index contributed by atoms with van der Waals surface area (Å²) in [5.74, 6) is 2.08. The highest BCUT2D eigenvalue weighted by molar-refractivity contribution is 9.10. The summed E-state index contributed by atoms with van der Waals surface area (Å²) >= 11 is 4.97. The predicted molar refractivity (Wildman–Crippen MR) is 91.9 cm³/mol. The van der Waals surface area contributed by atoms with Gasteiger partial charge in [-0.2, -0.15) is 0 Å². The lowest BCUT2D eigenvalue weighted by atomic mass is 10.2. The van der Waals surface area contributed by atoms with Gasteiger partial charge in [0, 0.05) is 15.9 Å². The molecule has 0 saturated heterocycles. The van der Waals surface area contributed by atoms with Gasteiger partial charge >= 0.3 is 0 Å². The Balaban J connectivity index is 1.76. The highest BCUT2D eigenvalue weighted by atomic mass is 79.9.